The van der Waals surface area contributed by atoms with E-state index in [1.807, 2.05) is 19.9 Å². The summed E-state index contributed by atoms with van der Waals surface area (Å²) in [5.74, 6) is 0.698. The maximum absolute atomic E-state index is 12.5. The fraction of sp³-hybridized carbons (Fsp3) is 0.250. The Balaban J connectivity index is 1.91. The number of fused-ring (bicyclic) bond motifs is 1. The van der Waals surface area contributed by atoms with Gasteiger partial charge in [0.2, 0.25) is 0 Å². The van der Waals surface area contributed by atoms with Gasteiger partial charge in [-0.25, -0.2) is 0 Å². The number of rotatable bonds is 3. The van der Waals surface area contributed by atoms with Gasteiger partial charge < -0.3 is 14.9 Å². The predicted octanol–water partition coefficient (Wildman–Crippen LogP) is 4.31. The van der Waals surface area contributed by atoms with Crippen molar-refractivity contribution < 1.29 is 19.7 Å². The number of carbonyl (C=O) groups excluding carboxylic acids is 1. The molecule has 2 aromatic carbocycles. The lowest BCUT2D eigenvalue weighted by atomic mass is 9.94. The number of hydrogen-bond donors (Lipinski definition) is 2. The molecule has 0 aromatic heterocycles. The zero-order valence-corrected chi connectivity index (χ0v) is 13.7. The van der Waals surface area contributed by atoms with Crippen molar-refractivity contribution in [2.24, 2.45) is 0 Å². The molecule has 3 rings (SSSR count). The Labute approximate surface area is 141 Å². The Morgan fingerprint density at radius 2 is 1.92 bits per heavy atom. The largest absolute Gasteiger partial charge is 0.508 e. The third-order valence-corrected chi connectivity index (χ3v) is 4.12. The summed E-state index contributed by atoms with van der Waals surface area (Å²) in [5, 5.41) is 19.6. The van der Waals surface area contributed by atoms with Crippen LogP contribution >= 0.6 is 0 Å². The van der Waals surface area contributed by atoms with Crippen LogP contribution in [0.15, 0.2) is 48.0 Å². The zero-order chi connectivity index (χ0) is 17.3. The number of phenolic OH excluding ortho intramolecular Hbond substituents is 2. The molecule has 0 saturated carbocycles. The number of Topliss-reactive ketones (excluding diaryl/α,β-unsaturated/α-hetero) is 1. The number of carbonyl (C=O) groups is 1. The molecule has 2 aromatic rings. The van der Waals surface area contributed by atoms with Gasteiger partial charge in [0.05, 0.1) is 12.0 Å². The van der Waals surface area contributed by atoms with E-state index in [0.717, 1.165) is 16.7 Å². The smallest absolute Gasteiger partial charge is 0.170 e. The second-order valence-electron chi connectivity index (χ2n) is 6.29. The third kappa shape index (κ3) is 3.27. The molecule has 0 spiro atoms. The van der Waals surface area contributed by atoms with Crippen LogP contribution in [-0.4, -0.2) is 16.0 Å². The van der Waals surface area contributed by atoms with Crippen molar-refractivity contribution in [3.63, 3.8) is 0 Å². The Morgan fingerprint density at radius 3 is 2.58 bits per heavy atom. The molecule has 1 aliphatic rings. The van der Waals surface area contributed by atoms with E-state index in [2.05, 4.69) is 0 Å². The lowest BCUT2D eigenvalue weighted by Crippen LogP contribution is -2.20. The summed E-state index contributed by atoms with van der Waals surface area (Å²) in [6.45, 7) is 3.98. The zero-order valence-electron chi connectivity index (χ0n) is 13.7. The third-order valence-electron chi connectivity index (χ3n) is 4.12. The highest BCUT2D eigenvalue weighted by Gasteiger charge is 2.28. The van der Waals surface area contributed by atoms with Crippen molar-refractivity contribution in [1.29, 1.82) is 0 Å². The molecule has 0 aliphatic carbocycles. The normalized spacial score (nSPS) is 16.2. The van der Waals surface area contributed by atoms with E-state index in [1.54, 1.807) is 30.3 Å². The molecule has 24 heavy (non-hydrogen) atoms. The van der Waals surface area contributed by atoms with Crippen molar-refractivity contribution in [2.75, 3.05) is 0 Å². The summed E-state index contributed by atoms with van der Waals surface area (Å²) in [4.78, 5) is 12.5. The maximum atomic E-state index is 12.5. The van der Waals surface area contributed by atoms with Gasteiger partial charge in [0.25, 0.3) is 0 Å². The molecule has 2 N–H and O–H groups in total. The Hall–Kier alpha value is -2.75. The van der Waals surface area contributed by atoms with Crippen molar-refractivity contribution in [1.82, 2.24) is 0 Å². The van der Waals surface area contributed by atoms with E-state index in [0.29, 0.717) is 17.7 Å². The van der Waals surface area contributed by atoms with Crippen molar-refractivity contribution in [3.05, 3.63) is 64.7 Å². The monoisotopic (exact) mass is 324 g/mol. The first kappa shape index (κ1) is 16.1. The van der Waals surface area contributed by atoms with E-state index < -0.39 is 6.10 Å². The van der Waals surface area contributed by atoms with Crippen LogP contribution in [0.4, 0.5) is 0 Å². The van der Waals surface area contributed by atoms with Crippen molar-refractivity contribution >= 4 is 5.78 Å². The van der Waals surface area contributed by atoms with Crippen LogP contribution in [-0.2, 0) is 6.42 Å². The molecule has 0 amide bonds. The molecule has 124 valence electrons. The summed E-state index contributed by atoms with van der Waals surface area (Å²) in [5.41, 5.74) is 3.21. The first-order valence-electron chi connectivity index (χ1n) is 7.92. The van der Waals surface area contributed by atoms with E-state index in [9.17, 15) is 15.0 Å². The number of phenols is 2. The summed E-state index contributed by atoms with van der Waals surface area (Å²) in [7, 11) is 0. The van der Waals surface area contributed by atoms with Gasteiger partial charge >= 0.3 is 0 Å². The van der Waals surface area contributed by atoms with Gasteiger partial charge in [0.1, 0.15) is 23.4 Å². The van der Waals surface area contributed by atoms with E-state index in [4.69, 9.17) is 4.74 Å². The predicted molar refractivity (Wildman–Crippen MR) is 91.7 cm³/mol. The molecular formula is C20H20O4. The lowest BCUT2D eigenvalue weighted by Gasteiger charge is -2.26. The van der Waals surface area contributed by atoms with Crippen LogP contribution in [0.1, 0.15) is 47.9 Å². The second kappa shape index (κ2) is 6.40. The van der Waals surface area contributed by atoms with E-state index >= 15 is 0 Å². The lowest BCUT2D eigenvalue weighted by molar-refractivity contribution is 0.0849. The summed E-state index contributed by atoms with van der Waals surface area (Å²) in [6.07, 6.45) is 2.42. The van der Waals surface area contributed by atoms with Gasteiger partial charge in [0.15, 0.2) is 5.78 Å². The molecule has 0 bridgehead atoms. The van der Waals surface area contributed by atoms with Crippen LogP contribution in [0, 0.1) is 0 Å². The van der Waals surface area contributed by atoms with Crippen LogP contribution in [0.3, 0.4) is 0 Å². The summed E-state index contributed by atoms with van der Waals surface area (Å²) >= 11 is 0. The minimum atomic E-state index is -0.409. The Morgan fingerprint density at radius 1 is 1.21 bits per heavy atom. The van der Waals surface area contributed by atoms with Crippen LogP contribution < -0.4 is 4.74 Å². The molecule has 0 radical (unpaired) electrons. The van der Waals surface area contributed by atoms with Crippen LogP contribution in [0.2, 0.25) is 0 Å². The molecule has 0 fully saturated rings. The first-order chi connectivity index (χ1) is 11.4. The molecule has 1 aliphatic heterocycles. The molecule has 4 nitrogen and oxygen atoms in total. The molecule has 0 saturated heterocycles. The molecular weight excluding hydrogens is 304 g/mol. The second-order valence-corrected chi connectivity index (χ2v) is 6.29. The van der Waals surface area contributed by atoms with Gasteiger partial charge in [-0.1, -0.05) is 23.8 Å². The van der Waals surface area contributed by atoms with Gasteiger partial charge in [-0.3, -0.25) is 4.79 Å². The molecule has 0 unspecified atom stereocenters. The van der Waals surface area contributed by atoms with Crippen molar-refractivity contribution in [2.45, 2.75) is 32.8 Å². The maximum Gasteiger partial charge on any atom is 0.170 e. The standard InChI is InChI=1S/C20H20O4/c1-12(2)3-4-14-9-16-18(23)11-19(24-20(16)10-17(14)22)13-5-7-15(21)8-6-13/h3,5-10,19,21-22H,4,11H2,1-2H3/t19-/m0/s1. The first-order valence-corrected chi connectivity index (χ1v) is 7.92. The van der Waals surface area contributed by atoms with Gasteiger partial charge in [-0.2, -0.15) is 0 Å². The average Bonchev–Trinajstić information content (AvgIpc) is 2.53. The Kier molecular flexibility index (Phi) is 4.30. The Bertz CT molecular complexity index is 799. The van der Waals surface area contributed by atoms with Crippen LogP contribution in [0.25, 0.3) is 0 Å². The quantitative estimate of drug-likeness (QED) is 0.826. The van der Waals surface area contributed by atoms with Gasteiger partial charge in [0, 0.05) is 6.07 Å². The fourth-order valence-corrected chi connectivity index (χ4v) is 2.76. The minimum absolute atomic E-state index is 0.00669. The van der Waals surface area contributed by atoms with E-state index in [-0.39, 0.29) is 23.7 Å². The highest BCUT2D eigenvalue weighted by Crippen LogP contribution is 2.38. The minimum Gasteiger partial charge on any atom is -0.508 e. The molecule has 4 heteroatoms. The number of aromatic hydroxyl groups is 2. The number of hydrogen-bond acceptors (Lipinski definition) is 4. The highest BCUT2D eigenvalue weighted by atomic mass is 16.5. The molecule has 1 heterocycles. The SMILES string of the molecule is CC(C)=CCc1cc2c(cc1O)O[C@H](c1ccc(O)cc1)CC2=O. The van der Waals surface area contributed by atoms with Gasteiger partial charge in [-0.15, -0.1) is 0 Å². The number of ketones is 1. The fourth-order valence-electron chi connectivity index (χ4n) is 2.76. The topological polar surface area (TPSA) is 66.8 Å². The number of allylic oxidation sites excluding steroid dienone is 2. The number of benzene rings is 2. The summed E-state index contributed by atoms with van der Waals surface area (Å²) < 4.78 is 5.91. The van der Waals surface area contributed by atoms with Gasteiger partial charge in [-0.05, 0) is 49.6 Å². The summed E-state index contributed by atoms with van der Waals surface area (Å²) in [6, 6.07) is 9.85. The van der Waals surface area contributed by atoms with E-state index in [1.165, 1.54) is 6.07 Å². The highest BCUT2D eigenvalue weighted by molar-refractivity contribution is 6.00. The molecule has 1 atom stereocenters. The van der Waals surface area contributed by atoms with Crippen molar-refractivity contribution in [3.8, 4) is 17.2 Å². The average molecular weight is 324 g/mol. The number of ether oxygens (including phenoxy) is 1. The van der Waals surface area contributed by atoms with Crippen LogP contribution in [0.5, 0.6) is 17.2 Å².